The zero-order chi connectivity index (χ0) is 16.0. The number of nitrogens with one attached hydrogen (secondary N) is 1. The van der Waals surface area contributed by atoms with Crippen molar-refractivity contribution in [3.63, 3.8) is 0 Å². The van der Waals surface area contributed by atoms with E-state index in [1.165, 1.54) is 24.3 Å². The number of hydrogen-bond donors (Lipinski definition) is 4. The first-order chi connectivity index (χ1) is 9.76. The SMILES string of the molecule is NCc1ccc(S(=O)(=O)NC(=O)C(N)CCC(=O)O)cc1. The van der Waals surface area contributed by atoms with E-state index in [9.17, 15) is 18.0 Å². The molecule has 1 atom stereocenters. The molecule has 1 rings (SSSR count). The standard InChI is InChI=1S/C12H17N3O5S/c13-7-8-1-3-9(4-2-8)21(19,20)15-12(18)10(14)5-6-11(16)17/h1-4,10H,5-7,13-14H2,(H,15,18)(H,16,17). The Morgan fingerprint density at radius 1 is 1.24 bits per heavy atom. The summed E-state index contributed by atoms with van der Waals surface area (Å²) in [6.07, 6.45) is -0.470. The monoisotopic (exact) mass is 315 g/mol. The fraction of sp³-hybridized carbons (Fsp3) is 0.333. The van der Waals surface area contributed by atoms with Crippen LogP contribution in [0, 0.1) is 0 Å². The molecule has 6 N–H and O–H groups in total. The molecule has 0 bridgehead atoms. The summed E-state index contributed by atoms with van der Waals surface area (Å²) in [6, 6.07) is 4.49. The quantitative estimate of drug-likeness (QED) is 0.511. The molecule has 8 nitrogen and oxygen atoms in total. The van der Waals surface area contributed by atoms with Crippen LogP contribution in [0.1, 0.15) is 18.4 Å². The van der Waals surface area contributed by atoms with Gasteiger partial charge in [-0.25, -0.2) is 13.1 Å². The Labute approximate surface area is 122 Å². The zero-order valence-corrected chi connectivity index (χ0v) is 12.0. The summed E-state index contributed by atoms with van der Waals surface area (Å²) in [7, 11) is -4.04. The summed E-state index contributed by atoms with van der Waals surface area (Å²) >= 11 is 0. The first-order valence-electron chi connectivity index (χ1n) is 6.09. The smallest absolute Gasteiger partial charge is 0.303 e. The first kappa shape index (κ1) is 17.1. The Kier molecular flexibility index (Phi) is 5.82. The van der Waals surface area contributed by atoms with Crippen molar-refractivity contribution in [1.82, 2.24) is 4.72 Å². The van der Waals surface area contributed by atoms with Crippen LogP contribution in [-0.4, -0.2) is 31.4 Å². The van der Waals surface area contributed by atoms with Gasteiger partial charge >= 0.3 is 5.97 Å². The van der Waals surface area contributed by atoms with Gasteiger partial charge in [0, 0.05) is 13.0 Å². The van der Waals surface area contributed by atoms with E-state index >= 15 is 0 Å². The molecule has 0 saturated heterocycles. The summed E-state index contributed by atoms with van der Waals surface area (Å²) in [6.45, 7) is 0.271. The van der Waals surface area contributed by atoms with E-state index in [2.05, 4.69) is 0 Å². The minimum atomic E-state index is -4.04. The van der Waals surface area contributed by atoms with Gasteiger partial charge in [-0.1, -0.05) is 12.1 Å². The Hall–Kier alpha value is -1.97. The van der Waals surface area contributed by atoms with E-state index in [1.54, 1.807) is 0 Å². The Balaban J connectivity index is 2.74. The predicted molar refractivity (Wildman–Crippen MR) is 74.5 cm³/mol. The Bertz CT molecular complexity index is 612. The lowest BCUT2D eigenvalue weighted by molar-refractivity contribution is -0.137. The average molecular weight is 315 g/mol. The van der Waals surface area contributed by atoms with Gasteiger partial charge in [0.2, 0.25) is 0 Å². The van der Waals surface area contributed by atoms with Crippen LogP contribution in [0.2, 0.25) is 0 Å². The van der Waals surface area contributed by atoms with Crippen LogP contribution in [0.25, 0.3) is 0 Å². The maximum absolute atomic E-state index is 11.9. The molecule has 0 radical (unpaired) electrons. The van der Waals surface area contributed by atoms with Gasteiger partial charge in [-0.15, -0.1) is 0 Å². The van der Waals surface area contributed by atoms with Crippen LogP contribution >= 0.6 is 0 Å². The van der Waals surface area contributed by atoms with Gasteiger partial charge in [0.15, 0.2) is 0 Å². The normalized spacial score (nSPS) is 12.7. The molecule has 0 fully saturated rings. The average Bonchev–Trinajstić information content (AvgIpc) is 2.44. The highest BCUT2D eigenvalue weighted by molar-refractivity contribution is 7.90. The molecule has 0 heterocycles. The molecule has 9 heteroatoms. The maximum atomic E-state index is 11.9. The molecular weight excluding hydrogens is 298 g/mol. The van der Waals surface area contributed by atoms with Crippen molar-refractivity contribution < 1.29 is 23.1 Å². The number of benzene rings is 1. The van der Waals surface area contributed by atoms with Gasteiger partial charge in [0.25, 0.3) is 15.9 Å². The molecule has 0 aliphatic rings. The third kappa shape index (κ3) is 5.14. The second-order valence-corrected chi connectivity index (χ2v) is 6.04. The van der Waals surface area contributed by atoms with Crippen LogP contribution < -0.4 is 16.2 Å². The maximum Gasteiger partial charge on any atom is 0.303 e. The Morgan fingerprint density at radius 3 is 2.29 bits per heavy atom. The molecule has 21 heavy (non-hydrogen) atoms. The summed E-state index contributed by atoms with van der Waals surface area (Å²) in [5.41, 5.74) is 11.6. The lowest BCUT2D eigenvalue weighted by atomic mass is 10.1. The van der Waals surface area contributed by atoms with Crippen LogP contribution in [0.5, 0.6) is 0 Å². The molecule has 0 aliphatic heterocycles. The van der Waals surface area contributed by atoms with Crippen LogP contribution in [-0.2, 0) is 26.2 Å². The van der Waals surface area contributed by atoms with Crippen molar-refractivity contribution in [1.29, 1.82) is 0 Å². The van der Waals surface area contributed by atoms with E-state index in [1.807, 2.05) is 4.72 Å². The molecule has 116 valence electrons. The topological polar surface area (TPSA) is 153 Å². The van der Waals surface area contributed by atoms with Crippen LogP contribution in [0.4, 0.5) is 0 Å². The molecule has 0 aromatic heterocycles. The second-order valence-electron chi connectivity index (χ2n) is 4.36. The largest absolute Gasteiger partial charge is 0.481 e. The predicted octanol–water partition coefficient (Wildman–Crippen LogP) is -0.858. The summed E-state index contributed by atoms with van der Waals surface area (Å²) in [4.78, 5) is 21.9. The minimum absolute atomic E-state index is 0.0986. The van der Waals surface area contributed by atoms with Crippen molar-refractivity contribution in [2.45, 2.75) is 30.3 Å². The van der Waals surface area contributed by atoms with Crippen molar-refractivity contribution >= 4 is 21.9 Å². The molecule has 1 unspecified atom stereocenters. The fourth-order valence-corrected chi connectivity index (χ4v) is 2.51. The van der Waals surface area contributed by atoms with Crippen LogP contribution in [0.15, 0.2) is 29.2 Å². The van der Waals surface area contributed by atoms with Crippen LogP contribution in [0.3, 0.4) is 0 Å². The lowest BCUT2D eigenvalue weighted by Crippen LogP contribution is -2.43. The van der Waals surface area contributed by atoms with Gasteiger partial charge in [-0.2, -0.15) is 0 Å². The van der Waals surface area contributed by atoms with E-state index in [4.69, 9.17) is 16.6 Å². The summed E-state index contributed by atoms with van der Waals surface area (Å²) in [5, 5.41) is 8.49. The van der Waals surface area contributed by atoms with E-state index in [-0.39, 0.29) is 24.3 Å². The highest BCUT2D eigenvalue weighted by Gasteiger charge is 2.22. The number of hydrogen-bond acceptors (Lipinski definition) is 6. The second kappa shape index (κ2) is 7.16. The van der Waals surface area contributed by atoms with Gasteiger partial charge < -0.3 is 16.6 Å². The van der Waals surface area contributed by atoms with Gasteiger partial charge in [-0.3, -0.25) is 9.59 Å². The third-order valence-corrected chi connectivity index (χ3v) is 4.07. The number of carbonyl (C=O) groups is 2. The third-order valence-electron chi connectivity index (χ3n) is 2.71. The van der Waals surface area contributed by atoms with Crippen molar-refractivity contribution in [3.05, 3.63) is 29.8 Å². The number of amides is 1. The van der Waals surface area contributed by atoms with Crippen molar-refractivity contribution in [3.8, 4) is 0 Å². The van der Waals surface area contributed by atoms with Crippen molar-refractivity contribution in [2.75, 3.05) is 0 Å². The fourth-order valence-electron chi connectivity index (χ4n) is 1.48. The highest BCUT2D eigenvalue weighted by atomic mass is 32.2. The van der Waals surface area contributed by atoms with Gasteiger partial charge in [0.1, 0.15) is 0 Å². The molecule has 0 saturated carbocycles. The Morgan fingerprint density at radius 2 is 1.81 bits per heavy atom. The van der Waals surface area contributed by atoms with Gasteiger partial charge in [0.05, 0.1) is 10.9 Å². The number of sulfonamides is 1. The lowest BCUT2D eigenvalue weighted by Gasteiger charge is -2.12. The molecule has 1 aromatic carbocycles. The van der Waals surface area contributed by atoms with E-state index in [0.29, 0.717) is 0 Å². The number of carboxylic acid groups (broad SMARTS) is 1. The molecule has 0 aliphatic carbocycles. The summed E-state index contributed by atoms with van der Waals surface area (Å²) in [5.74, 6) is -2.06. The van der Waals surface area contributed by atoms with E-state index < -0.39 is 27.9 Å². The number of aliphatic carboxylic acids is 1. The number of carboxylic acids is 1. The molecule has 1 amide bonds. The highest BCUT2D eigenvalue weighted by Crippen LogP contribution is 2.10. The minimum Gasteiger partial charge on any atom is -0.481 e. The molecule has 1 aromatic rings. The van der Waals surface area contributed by atoms with E-state index in [0.717, 1.165) is 5.56 Å². The summed E-state index contributed by atoms with van der Waals surface area (Å²) < 4.78 is 25.7. The first-order valence-corrected chi connectivity index (χ1v) is 7.57. The zero-order valence-electron chi connectivity index (χ0n) is 11.2. The molecular formula is C12H17N3O5S. The number of nitrogens with two attached hydrogens (primary N) is 2. The number of rotatable bonds is 7. The van der Waals surface area contributed by atoms with Gasteiger partial charge in [-0.05, 0) is 24.1 Å². The number of carbonyl (C=O) groups excluding carboxylic acids is 1. The van der Waals surface area contributed by atoms with Crippen molar-refractivity contribution in [2.24, 2.45) is 11.5 Å². The molecule has 0 spiro atoms.